The van der Waals surface area contributed by atoms with E-state index in [1.807, 2.05) is 0 Å². The molecule has 3 aromatic rings. The summed E-state index contributed by atoms with van der Waals surface area (Å²) in [7, 11) is 0. The van der Waals surface area contributed by atoms with Gasteiger partial charge in [-0.15, -0.1) is 0 Å². The highest BCUT2D eigenvalue weighted by atomic mass is 15.0. The van der Waals surface area contributed by atoms with Gasteiger partial charge in [-0.05, 0) is 40.6 Å². The molecule has 19 heavy (non-hydrogen) atoms. The van der Waals surface area contributed by atoms with Crippen molar-refractivity contribution < 1.29 is 0 Å². The Morgan fingerprint density at radius 3 is 2.26 bits per heavy atom. The zero-order valence-corrected chi connectivity index (χ0v) is 11.7. The van der Waals surface area contributed by atoms with Crippen LogP contribution in [0.2, 0.25) is 0 Å². The number of rotatable bonds is 1. The monoisotopic (exact) mass is 249 g/mol. The van der Waals surface area contributed by atoms with Crippen LogP contribution in [0.1, 0.15) is 26.3 Å². The molecule has 0 saturated heterocycles. The number of fused-ring (bicyclic) bond motifs is 1. The smallest absolute Gasteiger partial charge is 0.0531 e. The Morgan fingerprint density at radius 2 is 1.58 bits per heavy atom. The zero-order valence-electron chi connectivity index (χ0n) is 11.7. The molecule has 0 saturated carbocycles. The Hall–Kier alpha value is -2.02. The Labute approximate surface area is 114 Å². The predicted molar refractivity (Wildman–Crippen MR) is 82.0 cm³/mol. The summed E-state index contributed by atoms with van der Waals surface area (Å²) < 4.78 is 2.25. The fourth-order valence-corrected chi connectivity index (χ4v) is 2.41. The van der Waals surface area contributed by atoms with Crippen LogP contribution in [0.4, 0.5) is 0 Å². The maximum absolute atomic E-state index is 2.31. The second-order valence-electron chi connectivity index (χ2n) is 6.04. The van der Waals surface area contributed by atoms with Crippen LogP contribution >= 0.6 is 0 Å². The van der Waals surface area contributed by atoms with Crippen LogP contribution in [-0.2, 0) is 5.41 Å². The zero-order chi connectivity index (χ0) is 13.5. The van der Waals surface area contributed by atoms with Gasteiger partial charge in [-0.3, -0.25) is 0 Å². The molecule has 0 radical (unpaired) electrons. The third-order valence-electron chi connectivity index (χ3n) is 3.59. The Morgan fingerprint density at radius 1 is 0.842 bits per heavy atom. The van der Waals surface area contributed by atoms with Crippen LogP contribution in [0.15, 0.2) is 60.8 Å². The van der Waals surface area contributed by atoms with E-state index in [4.69, 9.17) is 0 Å². The first kappa shape index (κ1) is 12.0. The summed E-state index contributed by atoms with van der Waals surface area (Å²) >= 11 is 0. The van der Waals surface area contributed by atoms with Crippen LogP contribution in [0, 0.1) is 0 Å². The summed E-state index contributed by atoms with van der Waals surface area (Å²) in [5.41, 5.74) is 4.04. The number of aromatic nitrogens is 1. The van der Waals surface area contributed by atoms with Crippen molar-refractivity contribution in [3.63, 3.8) is 0 Å². The van der Waals surface area contributed by atoms with Gasteiger partial charge >= 0.3 is 0 Å². The first-order chi connectivity index (χ1) is 9.05. The first-order valence-electron chi connectivity index (χ1n) is 6.73. The average Bonchev–Trinajstić information content (AvgIpc) is 2.81. The summed E-state index contributed by atoms with van der Waals surface area (Å²) in [6, 6.07) is 19.4. The summed E-state index contributed by atoms with van der Waals surface area (Å²) in [6.45, 7) is 6.76. The average molecular weight is 249 g/mol. The molecular weight excluding hydrogens is 230 g/mol. The van der Waals surface area contributed by atoms with E-state index in [0.717, 1.165) is 0 Å². The molecule has 0 amide bonds. The van der Waals surface area contributed by atoms with E-state index < -0.39 is 0 Å². The molecule has 0 spiro atoms. The number of benzene rings is 2. The number of hydrogen-bond acceptors (Lipinski definition) is 0. The minimum atomic E-state index is 0.181. The predicted octanol–water partition coefficient (Wildman–Crippen LogP) is 4.93. The fraction of sp³-hybridized carbons (Fsp3) is 0.222. The SMILES string of the molecule is CC(C)(C)c1ccc2ccn(-c3ccccc3)c2c1. The molecule has 0 aliphatic heterocycles. The summed E-state index contributed by atoms with van der Waals surface area (Å²) in [5, 5.41) is 1.29. The highest BCUT2D eigenvalue weighted by molar-refractivity contribution is 5.82. The lowest BCUT2D eigenvalue weighted by Gasteiger charge is -2.19. The third-order valence-corrected chi connectivity index (χ3v) is 3.59. The van der Waals surface area contributed by atoms with Crippen LogP contribution in [-0.4, -0.2) is 4.57 Å². The van der Waals surface area contributed by atoms with Gasteiger partial charge in [-0.1, -0.05) is 51.1 Å². The molecule has 0 fully saturated rings. The van der Waals surface area contributed by atoms with Gasteiger partial charge < -0.3 is 4.57 Å². The van der Waals surface area contributed by atoms with Crippen molar-refractivity contribution in [3.8, 4) is 5.69 Å². The molecule has 0 atom stereocenters. The normalized spacial score (nSPS) is 11.9. The van der Waals surface area contributed by atoms with Gasteiger partial charge in [0.05, 0.1) is 5.52 Å². The molecule has 0 aliphatic rings. The van der Waals surface area contributed by atoms with Crippen LogP contribution in [0.5, 0.6) is 0 Å². The lowest BCUT2D eigenvalue weighted by atomic mass is 9.87. The molecule has 1 heterocycles. The van der Waals surface area contributed by atoms with Crippen molar-refractivity contribution in [2.45, 2.75) is 26.2 Å². The molecule has 1 nitrogen and oxygen atoms in total. The molecule has 0 unspecified atom stereocenters. The Bertz CT molecular complexity index is 699. The highest BCUT2D eigenvalue weighted by Gasteiger charge is 2.14. The molecule has 96 valence electrons. The van der Waals surface area contributed by atoms with Gasteiger partial charge in [0.15, 0.2) is 0 Å². The van der Waals surface area contributed by atoms with Gasteiger partial charge in [-0.2, -0.15) is 0 Å². The second-order valence-corrected chi connectivity index (χ2v) is 6.04. The maximum Gasteiger partial charge on any atom is 0.0531 e. The summed E-state index contributed by atoms with van der Waals surface area (Å²) in [4.78, 5) is 0. The number of para-hydroxylation sites is 1. The van der Waals surface area contributed by atoms with Crippen molar-refractivity contribution in [3.05, 3.63) is 66.4 Å². The van der Waals surface area contributed by atoms with E-state index in [1.165, 1.54) is 22.2 Å². The molecule has 0 aliphatic carbocycles. The van der Waals surface area contributed by atoms with E-state index in [9.17, 15) is 0 Å². The summed E-state index contributed by atoms with van der Waals surface area (Å²) in [6.07, 6.45) is 2.15. The van der Waals surface area contributed by atoms with E-state index >= 15 is 0 Å². The summed E-state index contributed by atoms with van der Waals surface area (Å²) in [5.74, 6) is 0. The third kappa shape index (κ3) is 2.17. The van der Waals surface area contributed by atoms with E-state index in [-0.39, 0.29) is 5.41 Å². The number of nitrogens with zero attached hydrogens (tertiary/aromatic N) is 1. The second kappa shape index (κ2) is 4.27. The van der Waals surface area contributed by atoms with Crippen LogP contribution in [0.25, 0.3) is 16.6 Å². The first-order valence-corrected chi connectivity index (χ1v) is 6.73. The van der Waals surface area contributed by atoms with Crippen molar-refractivity contribution in [1.82, 2.24) is 4.57 Å². The van der Waals surface area contributed by atoms with Gasteiger partial charge in [0.1, 0.15) is 0 Å². The van der Waals surface area contributed by atoms with Gasteiger partial charge in [0, 0.05) is 11.9 Å². The number of hydrogen-bond donors (Lipinski definition) is 0. The van der Waals surface area contributed by atoms with Gasteiger partial charge in [-0.25, -0.2) is 0 Å². The highest BCUT2D eigenvalue weighted by Crippen LogP contribution is 2.28. The lowest BCUT2D eigenvalue weighted by molar-refractivity contribution is 0.591. The van der Waals surface area contributed by atoms with Crippen LogP contribution in [0.3, 0.4) is 0 Å². The Balaban J connectivity index is 2.22. The minimum Gasteiger partial charge on any atom is -0.317 e. The fourth-order valence-electron chi connectivity index (χ4n) is 2.41. The molecule has 1 heteroatoms. The Kier molecular flexibility index (Phi) is 2.70. The largest absolute Gasteiger partial charge is 0.317 e. The van der Waals surface area contributed by atoms with Crippen molar-refractivity contribution in [1.29, 1.82) is 0 Å². The standard InChI is InChI=1S/C18H19N/c1-18(2,3)15-10-9-14-11-12-19(17(14)13-15)16-7-5-4-6-8-16/h4-13H,1-3H3. The molecule has 0 bridgehead atoms. The van der Waals surface area contributed by atoms with Crippen molar-refractivity contribution in [2.24, 2.45) is 0 Å². The topological polar surface area (TPSA) is 4.93 Å². The molecule has 1 aromatic heterocycles. The minimum absolute atomic E-state index is 0.181. The molecular formula is C18H19N. The lowest BCUT2D eigenvalue weighted by Crippen LogP contribution is -2.10. The molecule has 0 N–H and O–H groups in total. The van der Waals surface area contributed by atoms with Crippen molar-refractivity contribution in [2.75, 3.05) is 0 Å². The van der Waals surface area contributed by atoms with E-state index in [1.54, 1.807) is 0 Å². The van der Waals surface area contributed by atoms with Gasteiger partial charge in [0.25, 0.3) is 0 Å². The maximum atomic E-state index is 2.31. The van der Waals surface area contributed by atoms with Gasteiger partial charge in [0.2, 0.25) is 0 Å². The molecule has 2 aromatic carbocycles. The van der Waals surface area contributed by atoms with E-state index in [2.05, 4.69) is 86.1 Å². The van der Waals surface area contributed by atoms with Crippen molar-refractivity contribution >= 4 is 10.9 Å². The quantitative estimate of drug-likeness (QED) is 0.576. The van der Waals surface area contributed by atoms with E-state index in [0.29, 0.717) is 0 Å². The van der Waals surface area contributed by atoms with Crippen LogP contribution < -0.4 is 0 Å². The molecule has 3 rings (SSSR count).